The highest BCUT2D eigenvalue weighted by atomic mass is 32.2. The Morgan fingerprint density at radius 3 is 2.33 bits per heavy atom. The minimum atomic E-state index is -4.53. The Kier molecular flexibility index (Phi) is 4.90. The van der Waals surface area contributed by atoms with Gasteiger partial charge in [0.2, 0.25) is 0 Å². The highest BCUT2D eigenvalue weighted by molar-refractivity contribution is 7.99. The molecule has 0 aliphatic carbocycles. The second-order valence-corrected chi connectivity index (χ2v) is 7.92. The number of sulfone groups is 1. The third kappa shape index (κ3) is 4.26. The summed E-state index contributed by atoms with van der Waals surface area (Å²) in [4.78, 5) is 10.3. The summed E-state index contributed by atoms with van der Waals surface area (Å²) in [7, 11) is -3.64. The topological polar surface area (TPSA) is 77.3 Å². The molecule has 0 saturated carbocycles. The summed E-state index contributed by atoms with van der Waals surface area (Å²) >= 11 is 0.756. The number of hydrogen-bond acceptors (Lipinski definition) is 5. The molecule has 2 aromatic rings. The average Bonchev–Trinajstić information content (AvgIpc) is 2.45. The van der Waals surface area contributed by atoms with E-state index in [0.29, 0.717) is 0 Å². The summed E-state index contributed by atoms with van der Waals surface area (Å²) in [6.45, 7) is 0. The molecule has 24 heavy (non-hydrogen) atoms. The Balaban J connectivity index is 2.45. The van der Waals surface area contributed by atoms with Crippen LogP contribution in [0.4, 0.5) is 18.9 Å². The predicted molar refractivity (Wildman–Crippen MR) is 81.8 cm³/mol. The first-order valence-electron chi connectivity index (χ1n) is 6.32. The van der Waals surface area contributed by atoms with E-state index in [1.165, 1.54) is 24.3 Å². The minimum absolute atomic E-state index is 0.0479. The molecule has 0 atom stereocenters. The lowest BCUT2D eigenvalue weighted by Crippen LogP contribution is -2.04. The van der Waals surface area contributed by atoms with E-state index < -0.39 is 32.2 Å². The number of alkyl halides is 3. The van der Waals surface area contributed by atoms with Gasteiger partial charge in [-0.1, -0.05) is 17.8 Å². The van der Waals surface area contributed by atoms with E-state index in [4.69, 9.17) is 0 Å². The molecule has 0 bridgehead atoms. The number of nitrogens with zero attached hydrogens (tertiary/aromatic N) is 1. The molecule has 0 fully saturated rings. The number of nitro groups is 1. The first-order valence-corrected chi connectivity index (χ1v) is 9.03. The number of rotatable bonds is 4. The van der Waals surface area contributed by atoms with Crippen molar-refractivity contribution >= 4 is 27.3 Å². The summed E-state index contributed by atoms with van der Waals surface area (Å²) in [5, 5.41) is 11.1. The fourth-order valence-electron chi connectivity index (χ4n) is 1.82. The van der Waals surface area contributed by atoms with Crippen molar-refractivity contribution in [3.8, 4) is 0 Å². The molecule has 2 aromatic carbocycles. The van der Waals surface area contributed by atoms with Gasteiger partial charge in [0.1, 0.15) is 0 Å². The minimum Gasteiger partial charge on any atom is -0.258 e. The molecule has 0 radical (unpaired) electrons. The second-order valence-electron chi connectivity index (χ2n) is 4.79. The largest absolute Gasteiger partial charge is 0.416 e. The van der Waals surface area contributed by atoms with Crippen molar-refractivity contribution in [3.63, 3.8) is 0 Å². The van der Waals surface area contributed by atoms with Crippen LogP contribution in [0.25, 0.3) is 0 Å². The van der Waals surface area contributed by atoms with Crippen molar-refractivity contribution in [1.82, 2.24) is 0 Å². The van der Waals surface area contributed by atoms with Gasteiger partial charge >= 0.3 is 6.18 Å². The molecule has 0 unspecified atom stereocenters. The fourth-order valence-corrected chi connectivity index (χ4v) is 3.42. The van der Waals surface area contributed by atoms with Gasteiger partial charge in [0.25, 0.3) is 5.69 Å². The summed E-state index contributed by atoms with van der Waals surface area (Å²) in [5.74, 6) is 0. The Morgan fingerprint density at radius 2 is 1.79 bits per heavy atom. The van der Waals surface area contributed by atoms with Gasteiger partial charge in [-0.3, -0.25) is 10.1 Å². The monoisotopic (exact) mass is 377 g/mol. The van der Waals surface area contributed by atoms with E-state index in [0.717, 1.165) is 36.2 Å². The van der Waals surface area contributed by atoms with Crippen LogP contribution in [0.15, 0.2) is 57.2 Å². The predicted octanol–water partition coefficient (Wildman–Crippen LogP) is 4.17. The average molecular weight is 377 g/mol. The lowest BCUT2D eigenvalue weighted by Gasteiger charge is -2.09. The second kappa shape index (κ2) is 6.44. The summed E-state index contributed by atoms with van der Waals surface area (Å²) < 4.78 is 61.1. The lowest BCUT2D eigenvalue weighted by molar-refractivity contribution is -0.388. The van der Waals surface area contributed by atoms with Crippen molar-refractivity contribution in [1.29, 1.82) is 0 Å². The Hall–Kier alpha value is -2.07. The summed E-state index contributed by atoms with van der Waals surface area (Å²) in [6, 6.07) is 7.63. The molecule has 2 rings (SSSR count). The molecular formula is C14H10F3NO4S2. The van der Waals surface area contributed by atoms with Crippen LogP contribution in [0.3, 0.4) is 0 Å². The molecule has 0 aromatic heterocycles. The molecule has 0 spiro atoms. The number of benzene rings is 2. The van der Waals surface area contributed by atoms with Gasteiger partial charge in [0.15, 0.2) is 9.84 Å². The van der Waals surface area contributed by atoms with Crippen LogP contribution in [0.2, 0.25) is 0 Å². The molecule has 128 valence electrons. The zero-order chi connectivity index (χ0) is 18.1. The third-order valence-electron chi connectivity index (χ3n) is 2.94. The standard InChI is InChI=1S/C14H10F3NO4S2/c1-24(21,22)11-5-6-13(12(8-11)18(19)20)23-10-4-2-3-9(7-10)14(15,16)17/h2-8H,1H3. The number of halogens is 3. The van der Waals surface area contributed by atoms with Crippen molar-refractivity contribution in [2.24, 2.45) is 0 Å². The van der Waals surface area contributed by atoms with Gasteiger partial charge in [0.05, 0.1) is 20.3 Å². The van der Waals surface area contributed by atoms with E-state index in [1.54, 1.807) is 0 Å². The SMILES string of the molecule is CS(=O)(=O)c1ccc(Sc2cccc(C(F)(F)F)c2)c([N+](=O)[O-])c1. The Bertz CT molecular complexity index is 895. The fraction of sp³-hybridized carbons (Fsp3) is 0.143. The van der Waals surface area contributed by atoms with Crippen molar-refractivity contribution in [2.75, 3.05) is 6.26 Å². The summed E-state index contributed by atoms with van der Waals surface area (Å²) in [5.41, 5.74) is -1.36. The highest BCUT2D eigenvalue weighted by Crippen LogP contribution is 2.38. The molecule has 0 saturated heterocycles. The van der Waals surface area contributed by atoms with Gasteiger partial charge in [-0.25, -0.2) is 8.42 Å². The summed E-state index contributed by atoms with van der Waals surface area (Å²) in [6.07, 6.45) is -3.62. The first kappa shape index (κ1) is 18.3. The number of nitro benzene ring substituents is 1. The van der Waals surface area contributed by atoms with Gasteiger partial charge in [-0.15, -0.1) is 0 Å². The van der Waals surface area contributed by atoms with Crippen molar-refractivity contribution in [3.05, 3.63) is 58.1 Å². The lowest BCUT2D eigenvalue weighted by atomic mass is 10.2. The van der Waals surface area contributed by atoms with Crippen LogP contribution >= 0.6 is 11.8 Å². The van der Waals surface area contributed by atoms with Crippen LogP contribution in [-0.2, 0) is 16.0 Å². The van der Waals surface area contributed by atoms with Gasteiger partial charge in [0, 0.05) is 17.2 Å². The van der Waals surface area contributed by atoms with Gasteiger partial charge < -0.3 is 0 Å². The van der Waals surface area contributed by atoms with E-state index >= 15 is 0 Å². The van der Waals surface area contributed by atoms with Crippen LogP contribution < -0.4 is 0 Å². The van der Waals surface area contributed by atoms with Crippen LogP contribution in [0, 0.1) is 10.1 Å². The Labute approximate surface area is 139 Å². The zero-order valence-corrected chi connectivity index (χ0v) is 13.7. The molecule has 0 amide bonds. The maximum absolute atomic E-state index is 12.7. The maximum Gasteiger partial charge on any atom is 0.416 e. The third-order valence-corrected chi connectivity index (χ3v) is 5.11. The number of hydrogen-bond donors (Lipinski definition) is 0. The van der Waals surface area contributed by atoms with E-state index in [9.17, 15) is 31.7 Å². The Morgan fingerprint density at radius 1 is 1.12 bits per heavy atom. The van der Waals surface area contributed by atoms with E-state index in [-0.39, 0.29) is 14.7 Å². The molecule has 0 aliphatic rings. The normalized spacial score (nSPS) is 12.2. The molecule has 0 N–H and O–H groups in total. The zero-order valence-electron chi connectivity index (χ0n) is 12.1. The quantitative estimate of drug-likeness (QED) is 0.590. The molecular weight excluding hydrogens is 367 g/mol. The van der Waals surface area contributed by atoms with E-state index in [2.05, 4.69) is 0 Å². The van der Waals surface area contributed by atoms with Crippen molar-refractivity contribution in [2.45, 2.75) is 20.9 Å². The highest BCUT2D eigenvalue weighted by Gasteiger charge is 2.30. The molecule has 5 nitrogen and oxygen atoms in total. The molecule has 10 heteroatoms. The van der Waals surface area contributed by atoms with Crippen molar-refractivity contribution < 1.29 is 26.5 Å². The smallest absolute Gasteiger partial charge is 0.258 e. The van der Waals surface area contributed by atoms with Gasteiger partial charge in [-0.05, 0) is 30.3 Å². The van der Waals surface area contributed by atoms with Crippen LogP contribution in [0.5, 0.6) is 0 Å². The van der Waals surface area contributed by atoms with Gasteiger partial charge in [-0.2, -0.15) is 13.2 Å². The van der Waals surface area contributed by atoms with Crippen LogP contribution in [-0.4, -0.2) is 19.6 Å². The van der Waals surface area contributed by atoms with Crippen LogP contribution in [0.1, 0.15) is 5.56 Å². The maximum atomic E-state index is 12.7. The molecule has 0 heterocycles. The van der Waals surface area contributed by atoms with E-state index in [1.807, 2.05) is 0 Å². The molecule has 0 aliphatic heterocycles. The first-order chi connectivity index (χ1) is 11.0.